The Labute approximate surface area is 149 Å². The van der Waals surface area contributed by atoms with E-state index in [4.69, 9.17) is 0 Å². The van der Waals surface area contributed by atoms with Crippen molar-refractivity contribution in [2.45, 2.75) is 46.2 Å². The Morgan fingerprint density at radius 1 is 1.32 bits per heavy atom. The Kier molecular flexibility index (Phi) is 5.53. The molecule has 1 fully saturated rings. The molecule has 25 heavy (non-hydrogen) atoms. The normalized spacial score (nSPS) is 16.2. The van der Waals surface area contributed by atoms with Crippen LogP contribution in [0.25, 0.3) is 0 Å². The minimum Gasteiger partial charge on any atom is -0.329 e. The molecular formula is C20H28N4O. The molecule has 0 saturated carbocycles. The van der Waals surface area contributed by atoms with Crippen molar-refractivity contribution >= 4 is 0 Å². The molecule has 0 aliphatic carbocycles. The number of aryl methyl sites for hydroxylation is 1. The number of hydrogen-bond acceptors (Lipinski definition) is 3. The van der Waals surface area contributed by atoms with E-state index in [1.54, 1.807) is 6.07 Å². The van der Waals surface area contributed by atoms with E-state index in [9.17, 15) is 4.79 Å². The first kappa shape index (κ1) is 17.7. The predicted molar refractivity (Wildman–Crippen MR) is 101 cm³/mol. The van der Waals surface area contributed by atoms with Gasteiger partial charge in [0.15, 0.2) is 0 Å². The van der Waals surface area contributed by atoms with E-state index in [-0.39, 0.29) is 5.56 Å². The van der Waals surface area contributed by atoms with Crippen molar-refractivity contribution in [3.63, 3.8) is 0 Å². The summed E-state index contributed by atoms with van der Waals surface area (Å²) >= 11 is 0. The van der Waals surface area contributed by atoms with Gasteiger partial charge in [-0.2, -0.15) is 5.10 Å². The maximum atomic E-state index is 11.2. The minimum absolute atomic E-state index is 0.0266. The van der Waals surface area contributed by atoms with Crippen LogP contribution in [0.15, 0.2) is 35.8 Å². The van der Waals surface area contributed by atoms with Crippen molar-refractivity contribution in [3.8, 4) is 0 Å². The number of aromatic amines is 1. The molecule has 5 heteroatoms. The van der Waals surface area contributed by atoms with Gasteiger partial charge in [0.1, 0.15) is 0 Å². The van der Waals surface area contributed by atoms with Gasteiger partial charge in [-0.05, 0) is 57.7 Å². The van der Waals surface area contributed by atoms with Crippen LogP contribution in [0, 0.1) is 19.8 Å². The lowest BCUT2D eigenvalue weighted by Crippen LogP contribution is -2.34. The monoisotopic (exact) mass is 340 g/mol. The molecule has 1 aliphatic rings. The van der Waals surface area contributed by atoms with Crippen LogP contribution in [-0.2, 0) is 19.5 Å². The molecule has 0 amide bonds. The fourth-order valence-electron chi connectivity index (χ4n) is 3.74. The molecule has 1 aliphatic heterocycles. The summed E-state index contributed by atoms with van der Waals surface area (Å²) in [7, 11) is 0. The van der Waals surface area contributed by atoms with Crippen LogP contribution in [0.1, 0.15) is 35.4 Å². The molecule has 2 aromatic rings. The van der Waals surface area contributed by atoms with E-state index in [0.717, 1.165) is 38.3 Å². The second-order valence-corrected chi connectivity index (χ2v) is 7.10. The first-order valence-electron chi connectivity index (χ1n) is 9.10. The molecule has 0 radical (unpaired) electrons. The van der Waals surface area contributed by atoms with E-state index >= 15 is 0 Å². The van der Waals surface area contributed by atoms with Gasteiger partial charge in [-0.25, -0.2) is 0 Å². The number of nitrogens with zero attached hydrogens (tertiary/aromatic N) is 3. The molecule has 134 valence electrons. The number of aromatic nitrogens is 3. The van der Waals surface area contributed by atoms with Gasteiger partial charge in [-0.3, -0.25) is 14.4 Å². The van der Waals surface area contributed by atoms with Gasteiger partial charge in [-0.15, -0.1) is 6.58 Å². The average molecular weight is 340 g/mol. The molecule has 1 N–H and O–H groups in total. The zero-order chi connectivity index (χ0) is 17.8. The Morgan fingerprint density at radius 3 is 2.72 bits per heavy atom. The van der Waals surface area contributed by atoms with E-state index in [1.807, 2.05) is 23.0 Å². The highest BCUT2D eigenvalue weighted by molar-refractivity contribution is 5.24. The Morgan fingerprint density at radius 2 is 2.08 bits per heavy atom. The molecule has 3 rings (SSSR count). The van der Waals surface area contributed by atoms with E-state index in [2.05, 4.69) is 35.4 Å². The first-order valence-corrected chi connectivity index (χ1v) is 9.10. The van der Waals surface area contributed by atoms with E-state index in [1.165, 1.54) is 29.7 Å². The molecule has 0 unspecified atom stereocenters. The summed E-state index contributed by atoms with van der Waals surface area (Å²) in [5.41, 5.74) is 4.96. The molecule has 0 bridgehead atoms. The first-order chi connectivity index (χ1) is 12.1. The lowest BCUT2D eigenvalue weighted by molar-refractivity contribution is 0.176. The van der Waals surface area contributed by atoms with Crippen LogP contribution < -0.4 is 5.56 Å². The summed E-state index contributed by atoms with van der Waals surface area (Å²) < 4.78 is 2.04. The fourth-order valence-corrected chi connectivity index (χ4v) is 3.74. The highest BCUT2D eigenvalue weighted by atomic mass is 16.1. The largest absolute Gasteiger partial charge is 0.329 e. The van der Waals surface area contributed by atoms with Crippen LogP contribution in [0.4, 0.5) is 0 Å². The molecule has 3 heterocycles. The molecular weight excluding hydrogens is 312 g/mol. The van der Waals surface area contributed by atoms with Crippen molar-refractivity contribution in [3.05, 3.63) is 63.9 Å². The van der Waals surface area contributed by atoms with Crippen LogP contribution in [0.2, 0.25) is 0 Å². The average Bonchev–Trinajstić information content (AvgIpc) is 2.86. The maximum absolute atomic E-state index is 11.2. The number of pyridine rings is 1. The van der Waals surface area contributed by atoms with Crippen LogP contribution in [0.3, 0.4) is 0 Å². The summed E-state index contributed by atoms with van der Waals surface area (Å²) in [5.74, 6) is 0.702. The quantitative estimate of drug-likeness (QED) is 0.823. The van der Waals surface area contributed by atoms with Crippen molar-refractivity contribution in [2.24, 2.45) is 5.92 Å². The smallest absolute Gasteiger partial charge is 0.247 e. The molecule has 0 aromatic carbocycles. The number of nitrogens with one attached hydrogen (secondary N) is 1. The van der Waals surface area contributed by atoms with Crippen LogP contribution in [-0.4, -0.2) is 32.8 Å². The standard InChI is InChI=1S/C20H28N4O/c1-4-9-24-16(3)19(15(2)22-24)14-23-10-7-17(8-11-23)12-18-5-6-20(25)21-13-18/h4-6,13,17H,1,7-12,14H2,2-3H3,(H,21,25). The van der Waals surface area contributed by atoms with E-state index in [0.29, 0.717) is 5.92 Å². The number of piperidine rings is 1. The van der Waals surface area contributed by atoms with Gasteiger partial charge in [0.2, 0.25) is 5.56 Å². The van der Waals surface area contributed by atoms with Crippen LogP contribution in [0.5, 0.6) is 0 Å². The maximum Gasteiger partial charge on any atom is 0.247 e. The Bertz CT molecular complexity index is 761. The zero-order valence-electron chi connectivity index (χ0n) is 15.3. The highest BCUT2D eigenvalue weighted by Gasteiger charge is 2.21. The third-order valence-electron chi connectivity index (χ3n) is 5.30. The lowest BCUT2D eigenvalue weighted by Gasteiger charge is -2.32. The number of hydrogen-bond donors (Lipinski definition) is 1. The fraction of sp³-hybridized carbons (Fsp3) is 0.500. The predicted octanol–water partition coefficient (Wildman–Crippen LogP) is 2.83. The van der Waals surface area contributed by atoms with Gasteiger partial charge < -0.3 is 4.98 Å². The van der Waals surface area contributed by atoms with Crippen molar-refractivity contribution in [1.82, 2.24) is 19.7 Å². The second-order valence-electron chi connectivity index (χ2n) is 7.10. The molecule has 1 saturated heterocycles. The Balaban J connectivity index is 1.55. The van der Waals surface area contributed by atoms with E-state index < -0.39 is 0 Å². The molecule has 2 aromatic heterocycles. The van der Waals surface area contributed by atoms with Gasteiger partial charge in [0.05, 0.1) is 12.2 Å². The summed E-state index contributed by atoms with van der Waals surface area (Å²) in [6, 6.07) is 3.57. The van der Waals surface area contributed by atoms with Gasteiger partial charge >= 0.3 is 0 Å². The molecule has 0 atom stereocenters. The lowest BCUT2D eigenvalue weighted by atomic mass is 9.90. The van der Waals surface area contributed by atoms with Crippen molar-refractivity contribution in [2.75, 3.05) is 13.1 Å². The molecule has 0 spiro atoms. The SMILES string of the molecule is C=CCn1nc(C)c(CN2CCC(Cc3ccc(=O)[nH]c3)CC2)c1C. The van der Waals surface area contributed by atoms with Gasteiger partial charge in [0, 0.05) is 30.1 Å². The minimum atomic E-state index is -0.0266. The van der Waals surface area contributed by atoms with Crippen molar-refractivity contribution < 1.29 is 0 Å². The second kappa shape index (κ2) is 7.83. The topological polar surface area (TPSA) is 53.9 Å². The van der Waals surface area contributed by atoms with Crippen LogP contribution >= 0.6 is 0 Å². The summed E-state index contributed by atoms with van der Waals surface area (Å²) in [5, 5.41) is 4.63. The van der Waals surface area contributed by atoms with Crippen molar-refractivity contribution in [1.29, 1.82) is 0 Å². The number of rotatable bonds is 6. The summed E-state index contributed by atoms with van der Waals surface area (Å²) in [4.78, 5) is 16.5. The number of H-pyrrole nitrogens is 1. The van der Waals surface area contributed by atoms with Gasteiger partial charge in [-0.1, -0.05) is 12.1 Å². The molecule has 5 nitrogen and oxygen atoms in total. The Hall–Kier alpha value is -2.14. The third-order valence-corrected chi connectivity index (χ3v) is 5.30. The number of likely N-dealkylation sites (tertiary alicyclic amines) is 1. The summed E-state index contributed by atoms with van der Waals surface area (Å²) in [6.45, 7) is 12.1. The zero-order valence-corrected chi connectivity index (χ0v) is 15.3. The number of allylic oxidation sites excluding steroid dienone is 1. The highest BCUT2D eigenvalue weighted by Crippen LogP contribution is 2.24. The summed E-state index contributed by atoms with van der Waals surface area (Å²) in [6.07, 6.45) is 7.22. The third kappa shape index (κ3) is 4.28. The van der Waals surface area contributed by atoms with Gasteiger partial charge in [0.25, 0.3) is 0 Å².